The third-order valence-corrected chi connectivity index (χ3v) is 5.42. The van der Waals surface area contributed by atoms with E-state index in [-0.39, 0.29) is 11.4 Å². The molecule has 1 aliphatic heterocycles. The SMILES string of the molecule is CCCCN1C(=O)C(O)=C(C(=O)c2cccs2)C1c1ccc(OCC)cc1. The van der Waals surface area contributed by atoms with Crippen molar-refractivity contribution in [2.24, 2.45) is 0 Å². The number of carbonyl (C=O) groups excluding carboxylic acids is 2. The van der Waals surface area contributed by atoms with Gasteiger partial charge in [-0.15, -0.1) is 11.3 Å². The third kappa shape index (κ3) is 3.76. The molecule has 1 amide bonds. The Hall–Kier alpha value is -2.60. The quantitative estimate of drug-likeness (QED) is 0.678. The van der Waals surface area contributed by atoms with Crippen LogP contribution in [0.5, 0.6) is 5.75 Å². The number of thiophene rings is 1. The van der Waals surface area contributed by atoms with Gasteiger partial charge in [-0.2, -0.15) is 0 Å². The van der Waals surface area contributed by atoms with E-state index in [2.05, 4.69) is 0 Å². The monoisotopic (exact) mass is 385 g/mol. The lowest BCUT2D eigenvalue weighted by Crippen LogP contribution is -2.32. The minimum Gasteiger partial charge on any atom is -0.503 e. The Bertz CT molecular complexity index is 840. The number of hydrogen-bond acceptors (Lipinski definition) is 5. The normalized spacial score (nSPS) is 16.9. The van der Waals surface area contributed by atoms with Crippen LogP contribution in [0.3, 0.4) is 0 Å². The Morgan fingerprint density at radius 3 is 2.56 bits per heavy atom. The second-order valence-electron chi connectivity index (χ2n) is 6.33. The Balaban J connectivity index is 2.02. The van der Waals surface area contributed by atoms with Crippen molar-refractivity contribution in [3.05, 3.63) is 63.6 Å². The molecular formula is C21H23NO4S. The number of rotatable bonds is 8. The molecule has 1 N–H and O–H groups in total. The molecule has 2 aromatic rings. The van der Waals surface area contributed by atoms with Crippen LogP contribution in [0.25, 0.3) is 0 Å². The van der Waals surface area contributed by atoms with E-state index in [4.69, 9.17) is 4.74 Å². The van der Waals surface area contributed by atoms with Gasteiger partial charge < -0.3 is 14.7 Å². The first-order valence-corrected chi connectivity index (χ1v) is 10.0. The van der Waals surface area contributed by atoms with Crippen molar-refractivity contribution < 1.29 is 19.4 Å². The summed E-state index contributed by atoms with van der Waals surface area (Å²) in [4.78, 5) is 27.8. The highest BCUT2D eigenvalue weighted by Gasteiger charge is 2.43. The maximum absolute atomic E-state index is 13.0. The van der Waals surface area contributed by atoms with Crippen LogP contribution in [0.15, 0.2) is 53.1 Å². The highest BCUT2D eigenvalue weighted by Crippen LogP contribution is 2.40. The molecule has 27 heavy (non-hydrogen) atoms. The number of nitrogens with zero attached hydrogens (tertiary/aromatic N) is 1. The molecule has 3 rings (SSSR count). The summed E-state index contributed by atoms with van der Waals surface area (Å²) in [5.74, 6) is -0.496. The number of amides is 1. The largest absolute Gasteiger partial charge is 0.503 e. The summed E-state index contributed by atoms with van der Waals surface area (Å²) in [6.45, 7) is 5.00. The van der Waals surface area contributed by atoms with Gasteiger partial charge in [-0.1, -0.05) is 31.5 Å². The lowest BCUT2D eigenvalue weighted by molar-refractivity contribution is -0.129. The number of carbonyl (C=O) groups is 2. The lowest BCUT2D eigenvalue weighted by Gasteiger charge is -2.26. The summed E-state index contributed by atoms with van der Waals surface area (Å²) in [5, 5.41) is 12.3. The highest BCUT2D eigenvalue weighted by atomic mass is 32.1. The lowest BCUT2D eigenvalue weighted by atomic mass is 9.95. The standard InChI is InChI=1S/C21H23NO4S/c1-3-5-12-22-18(14-8-10-15(11-9-14)26-4-2)17(20(24)21(22)25)19(23)16-7-6-13-27-16/h6-11,13,18,24H,3-5,12H2,1-2H3. The molecule has 1 aliphatic rings. The molecule has 0 spiro atoms. The van der Waals surface area contributed by atoms with E-state index >= 15 is 0 Å². The number of Topliss-reactive ketones (excluding diaryl/α,β-unsaturated/α-hetero) is 1. The minimum atomic E-state index is -0.589. The number of benzene rings is 1. The van der Waals surface area contributed by atoms with Crippen molar-refractivity contribution in [1.82, 2.24) is 4.90 Å². The predicted octanol–water partition coefficient (Wildman–Crippen LogP) is 4.53. The van der Waals surface area contributed by atoms with Gasteiger partial charge in [-0.3, -0.25) is 9.59 Å². The smallest absolute Gasteiger partial charge is 0.290 e. The van der Waals surface area contributed by atoms with Crippen LogP contribution in [0.2, 0.25) is 0 Å². The summed E-state index contributed by atoms with van der Waals surface area (Å²) >= 11 is 1.30. The van der Waals surface area contributed by atoms with Gasteiger partial charge in [0.1, 0.15) is 5.75 Å². The molecule has 0 aliphatic carbocycles. The Morgan fingerprint density at radius 1 is 1.22 bits per heavy atom. The van der Waals surface area contributed by atoms with Gasteiger partial charge in [-0.25, -0.2) is 0 Å². The molecule has 1 aromatic heterocycles. The number of ether oxygens (including phenoxy) is 1. The molecule has 142 valence electrons. The van der Waals surface area contributed by atoms with Crippen molar-refractivity contribution in [3.63, 3.8) is 0 Å². The fourth-order valence-electron chi connectivity index (χ4n) is 3.24. The molecule has 1 aromatic carbocycles. The summed E-state index contributed by atoms with van der Waals surface area (Å²) in [6, 6.07) is 10.3. The van der Waals surface area contributed by atoms with Crippen LogP contribution in [-0.2, 0) is 4.79 Å². The van der Waals surface area contributed by atoms with Gasteiger partial charge in [0.25, 0.3) is 5.91 Å². The second-order valence-corrected chi connectivity index (χ2v) is 7.27. The highest BCUT2D eigenvalue weighted by molar-refractivity contribution is 7.12. The Morgan fingerprint density at radius 2 is 1.96 bits per heavy atom. The summed E-state index contributed by atoms with van der Waals surface area (Å²) in [7, 11) is 0. The molecule has 0 radical (unpaired) electrons. The van der Waals surface area contributed by atoms with Crippen molar-refractivity contribution in [3.8, 4) is 5.75 Å². The van der Waals surface area contributed by atoms with E-state index in [1.165, 1.54) is 11.3 Å². The zero-order valence-corrected chi connectivity index (χ0v) is 16.3. The first-order valence-electron chi connectivity index (χ1n) is 9.13. The fraction of sp³-hybridized carbons (Fsp3) is 0.333. The second kappa shape index (κ2) is 8.39. The summed E-state index contributed by atoms with van der Waals surface area (Å²) in [5.41, 5.74) is 0.939. The van der Waals surface area contributed by atoms with E-state index in [9.17, 15) is 14.7 Å². The number of aliphatic hydroxyl groups excluding tert-OH is 1. The number of hydrogen-bond donors (Lipinski definition) is 1. The molecular weight excluding hydrogens is 362 g/mol. The van der Waals surface area contributed by atoms with E-state index < -0.39 is 17.7 Å². The average molecular weight is 385 g/mol. The molecule has 5 nitrogen and oxygen atoms in total. The maximum Gasteiger partial charge on any atom is 0.290 e. The van der Waals surface area contributed by atoms with Gasteiger partial charge in [0, 0.05) is 6.54 Å². The van der Waals surface area contributed by atoms with Crippen LogP contribution in [0.1, 0.15) is 48.0 Å². The van der Waals surface area contributed by atoms with E-state index in [1.54, 1.807) is 17.0 Å². The van der Waals surface area contributed by atoms with Crippen molar-refractivity contribution >= 4 is 23.0 Å². The molecule has 0 fully saturated rings. The van der Waals surface area contributed by atoms with Gasteiger partial charge >= 0.3 is 0 Å². The zero-order valence-electron chi connectivity index (χ0n) is 15.5. The summed E-state index contributed by atoms with van der Waals surface area (Å²) < 4.78 is 5.48. The van der Waals surface area contributed by atoms with Crippen LogP contribution in [0, 0.1) is 0 Å². The van der Waals surface area contributed by atoms with Crippen molar-refractivity contribution in [2.75, 3.05) is 13.2 Å². The topological polar surface area (TPSA) is 66.8 Å². The molecule has 1 unspecified atom stereocenters. The van der Waals surface area contributed by atoms with Crippen molar-refractivity contribution in [2.45, 2.75) is 32.7 Å². The molecule has 0 saturated heterocycles. The van der Waals surface area contributed by atoms with Crippen LogP contribution < -0.4 is 4.74 Å². The minimum absolute atomic E-state index is 0.155. The molecule has 0 saturated carbocycles. The van der Waals surface area contributed by atoms with E-state index in [0.717, 1.165) is 24.2 Å². The number of unbranched alkanes of at least 4 members (excludes halogenated alkanes) is 1. The Labute approximate surface area is 162 Å². The van der Waals surface area contributed by atoms with Gasteiger partial charge in [0.2, 0.25) is 5.78 Å². The molecule has 6 heteroatoms. The zero-order chi connectivity index (χ0) is 19.4. The number of aliphatic hydroxyl groups is 1. The van der Waals surface area contributed by atoms with Crippen molar-refractivity contribution in [1.29, 1.82) is 0 Å². The first-order chi connectivity index (χ1) is 13.1. The van der Waals surface area contributed by atoms with Gasteiger partial charge in [-0.05, 0) is 42.5 Å². The molecule has 0 bridgehead atoms. The van der Waals surface area contributed by atoms with Crippen LogP contribution >= 0.6 is 11.3 Å². The molecule has 2 heterocycles. The Kier molecular flexibility index (Phi) is 5.96. The third-order valence-electron chi connectivity index (χ3n) is 4.55. The average Bonchev–Trinajstić information content (AvgIpc) is 3.29. The van der Waals surface area contributed by atoms with Crippen LogP contribution in [-0.4, -0.2) is 34.8 Å². The van der Waals surface area contributed by atoms with Crippen LogP contribution in [0.4, 0.5) is 0 Å². The molecule has 1 atom stereocenters. The summed E-state index contributed by atoms with van der Waals surface area (Å²) in [6.07, 6.45) is 1.71. The first kappa shape index (κ1) is 19.2. The fourth-order valence-corrected chi connectivity index (χ4v) is 3.92. The van der Waals surface area contributed by atoms with E-state index in [0.29, 0.717) is 18.0 Å². The van der Waals surface area contributed by atoms with Gasteiger partial charge in [0.05, 0.1) is 23.1 Å². The predicted molar refractivity (Wildman–Crippen MR) is 105 cm³/mol. The van der Waals surface area contributed by atoms with E-state index in [1.807, 2.05) is 43.5 Å². The van der Waals surface area contributed by atoms with Gasteiger partial charge in [0.15, 0.2) is 5.76 Å². The maximum atomic E-state index is 13.0. The number of ketones is 1.